The average Bonchev–Trinajstić information content (AvgIpc) is 3.44. The number of hydrogen-bond acceptors (Lipinski definition) is 4. The minimum Gasteiger partial charge on any atom is -0.374 e. The molecule has 212 valence electrons. The molecule has 1 unspecified atom stereocenters. The molecule has 1 saturated heterocycles. The maximum absolute atomic E-state index is 14.3. The van der Waals surface area contributed by atoms with Crippen LogP contribution in [0.5, 0.6) is 0 Å². The van der Waals surface area contributed by atoms with Gasteiger partial charge >= 0.3 is 18.5 Å². The Labute approximate surface area is 220 Å². The van der Waals surface area contributed by atoms with E-state index in [-0.39, 0.29) is 36.6 Å². The topological polar surface area (TPSA) is 45.1 Å². The Bertz CT molecular complexity index is 1310. The maximum atomic E-state index is 14.3. The summed E-state index contributed by atoms with van der Waals surface area (Å²) in [6.07, 6.45) is -15.5. The third-order valence-corrected chi connectivity index (χ3v) is 6.63. The summed E-state index contributed by atoms with van der Waals surface area (Å²) in [7, 11) is 0. The van der Waals surface area contributed by atoms with Crippen LogP contribution in [-0.2, 0) is 16.6 Å². The molecule has 0 bridgehead atoms. The molecule has 2 aromatic rings. The Kier molecular flexibility index (Phi) is 7.34. The van der Waals surface area contributed by atoms with Crippen molar-refractivity contribution in [3.8, 4) is 0 Å². The van der Waals surface area contributed by atoms with Gasteiger partial charge in [-0.2, -0.15) is 39.5 Å². The van der Waals surface area contributed by atoms with Gasteiger partial charge in [0.25, 0.3) is 11.5 Å². The Morgan fingerprint density at radius 2 is 1.72 bits per heavy atom. The Morgan fingerprint density at radius 1 is 1.03 bits per heavy atom. The molecule has 1 fully saturated rings. The summed E-state index contributed by atoms with van der Waals surface area (Å²) in [5.41, 5.74) is -5.20. The lowest BCUT2D eigenvalue weighted by atomic mass is 9.85. The molecule has 0 radical (unpaired) electrons. The molecule has 15 heteroatoms. The van der Waals surface area contributed by atoms with Crippen molar-refractivity contribution in [1.82, 2.24) is 9.80 Å². The van der Waals surface area contributed by atoms with E-state index in [0.29, 0.717) is 17.7 Å². The summed E-state index contributed by atoms with van der Waals surface area (Å²) < 4.78 is 121. The third kappa shape index (κ3) is 5.96. The highest BCUT2D eigenvalue weighted by Crippen LogP contribution is 2.50. The molecular formula is C24H19ClF9N3O2. The second-order valence-electron chi connectivity index (χ2n) is 9.26. The van der Waals surface area contributed by atoms with Crippen molar-refractivity contribution >= 4 is 23.2 Å². The zero-order valence-corrected chi connectivity index (χ0v) is 20.7. The quantitative estimate of drug-likeness (QED) is 0.382. The van der Waals surface area contributed by atoms with E-state index >= 15 is 0 Å². The second kappa shape index (κ2) is 9.88. The molecule has 1 amide bonds. The van der Waals surface area contributed by atoms with E-state index in [0.717, 1.165) is 11.0 Å². The number of aryl methyl sites for hydroxylation is 1. The fraction of sp³-hybridized carbons (Fsp3) is 0.417. The minimum atomic E-state index is -5.19. The predicted molar refractivity (Wildman–Crippen MR) is 121 cm³/mol. The van der Waals surface area contributed by atoms with E-state index in [1.807, 2.05) is 0 Å². The van der Waals surface area contributed by atoms with E-state index in [9.17, 15) is 44.3 Å². The minimum absolute atomic E-state index is 0.0234. The molecule has 1 atom stereocenters. The first-order valence-electron chi connectivity index (χ1n) is 11.3. The SMILES string of the molecule is Cc1cc(C2=NOC(c3cc(Cl)cc(C(F)(F)F)c3)(C(F)(F)F)C2)ccc1C(=O)N1CCN(CC(F)(F)F)C1. The largest absolute Gasteiger partial charge is 0.435 e. The van der Waals surface area contributed by atoms with E-state index in [1.165, 1.54) is 30.0 Å². The number of benzene rings is 2. The Morgan fingerprint density at radius 3 is 2.31 bits per heavy atom. The Balaban J connectivity index is 1.58. The maximum Gasteiger partial charge on any atom is 0.435 e. The summed E-state index contributed by atoms with van der Waals surface area (Å²) in [6, 6.07) is 5.48. The molecule has 0 aliphatic carbocycles. The first-order valence-corrected chi connectivity index (χ1v) is 11.7. The first-order chi connectivity index (χ1) is 17.9. The molecule has 0 aromatic heterocycles. The van der Waals surface area contributed by atoms with Crippen molar-refractivity contribution in [3.63, 3.8) is 0 Å². The van der Waals surface area contributed by atoms with Crippen LogP contribution in [0.3, 0.4) is 0 Å². The molecule has 5 nitrogen and oxygen atoms in total. The normalized spacial score (nSPS) is 20.8. The van der Waals surface area contributed by atoms with Gasteiger partial charge in [0.15, 0.2) is 0 Å². The third-order valence-electron chi connectivity index (χ3n) is 6.41. The molecule has 0 saturated carbocycles. The van der Waals surface area contributed by atoms with Crippen molar-refractivity contribution < 1.29 is 49.1 Å². The van der Waals surface area contributed by atoms with E-state index in [2.05, 4.69) is 5.16 Å². The molecule has 2 aliphatic rings. The van der Waals surface area contributed by atoms with Gasteiger partial charge in [-0.15, -0.1) is 0 Å². The van der Waals surface area contributed by atoms with Crippen molar-refractivity contribution in [1.29, 1.82) is 0 Å². The van der Waals surface area contributed by atoms with Gasteiger partial charge in [-0.3, -0.25) is 9.69 Å². The van der Waals surface area contributed by atoms with Gasteiger partial charge in [0.05, 0.1) is 24.5 Å². The van der Waals surface area contributed by atoms with Crippen molar-refractivity contribution in [2.45, 2.75) is 37.5 Å². The highest BCUT2D eigenvalue weighted by atomic mass is 35.5. The number of carbonyl (C=O) groups excluding carboxylic acids is 1. The summed E-state index contributed by atoms with van der Waals surface area (Å²) in [6.45, 7) is 0.153. The lowest BCUT2D eigenvalue weighted by Crippen LogP contribution is -2.43. The summed E-state index contributed by atoms with van der Waals surface area (Å²) in [5.74, 6) is -0.559. The second-order valence-corrected chi connectivity index (χ2v) is 9.70. The molecule has 2 aliphatic heterocycles. The molecule has 0 spiro atoms. The van der Waals surface area contributed by atoms with Crippen molar-refractivity contribution in [2.24, 2.45) is 5.16 Å². The van der Waals surface area contributed by atoms with Gasteiger partial charge in [-0.25, -0.2) is 0 Å². The lowest BCUT2D eigenvalue weighted by Gasteiger charge is -2.30. The van der Waals surface area contributed by atoms with Gasteiger partial charge in [0.1, 0.15) is 0 Å². The standard InChI is InChI=1S/C24H19ClF9N3O2/c1-13-6-14(2-3-18(13)20(38)37-5-4-36(12-37)11-22(26,27)28)19-10-21(39-35-19,24(32,33)34)15-7-16(23(29,30)31)9-17(25)8-15/h2-3,6-9H,4-5,10-12H2,1H3. The number of alkyl halides is 9. The van der Waals surface area contributed by atoms with Gasteiger partial charge < -0.3 is 9.74 Å². The van der Waals surface area contributed by atoms with Gasteiger partial charge in [-0.1, -0.05) is 22.8 Å². The van der Waals surface area contributed by atoms with E-state index in [1.54, 1.807) is 0 Å². The van der Waals surface area contributed by atoms with Crippen molar-refractivity contribution in [2.75, 3.05) is 26.3 Å². The van der Waals surface area contributed by atoms with Crippen LogP contribution in [0.1, 0.15) is 39.0 Å². The summed E-state index contributed by atoms with van der Waals surface area (Å²) >= 11 is 5.71. The number of carbonyl (C=O) groups is 1. The van der Waals surface area contributed by atoms with Crippen LogP contribution in [-0.4, -0.2) is 60.1 Å². The monoisotopic (exact) mass is 587 g/mol. The van der Waals surface area contributed by atoms with Crippen LogP contribution in [0, 0.1) is 6.92 Å². The number of hydrogen-bond donors (Lipinski definition) is 0. The molecule has 39 heavy (non-hydrogen) atoms. The van der Waals surface area contributed by atoms with Crippen molar-refractivity contribution in [3.05, 3.63) is 69.2 Å². The predicted octanol–water partition coefficient (Wildman–Crippen LogP) is 6.53. The number of amides is 1. The Hall–Kier alpha value is -3.00. The lowest BCUT2D eigenvalue weighted by molar-refractivity contribution is -0.276. The average molecular weight is 588 g/mol. The molecule has 2 aromatic carbocycles. The van der Waals surface area contributed by atoms with Crippen LogP contribution in [0.2, 0.25) is 5.02 Å². The number of oxime groups is 1. The number of rotatable bonds is 4. The number of nitrogens with zero attached hydrogens (tertiary/aromatic N) is 3. The summed E-state index contributed by atoms with van der Waals surface area (Å²) in [4.78, 5) is 20.0. The molecule has 0 N–H and O–H groups in total. The number of halogens is 10. The molecule has 2 heterocycles. The zero-order valence-electron chi connectivity index (χ0n) is 19.9. The van der Waals surface area contributed by atoms with E-state index in [4.69, 9.17) is 16.4 Å². The van der Waals surface area contributed by atoms with Crippen LogP contribution in [0.15, 0.2) is 41.6 Å². The van der Waals surface area contributed by atoms with Crippen LogP contribution in [0.25, 0.3) is 0 Å². The van der Waals surface area contributed by atoms with Crippen LogP contribution < -0.4 is 0 Å². The van der Waals surface area contributed by atoms with Crippen LogP contribution in [0.4, 0.5) is 39.5 Å². The first kappa shape index (κ1) is 29.0. The van der Waals surface area contributed by atoms with Gasteiger partial charge in [0, 0.05) is 35.7 Å². The fourth-order valence-electron chi connectivity index (χ4n) is 4.49. The highest BCUT2D eigenvalue weighted by Gasteiger charge is 2.62. The zero-order chi connectivity index (χ0) is 29.0. The van der Waals surface area contributed by atoms with Crippen LogP contribution >= 0.6 is 11.6 Å². The van der Waals surface area contributed by atoms with Gasteiger partial charge in [0.2, 0.25) is 0 Å². The fourth-order valence-corrected chi connectivity index (χ4v) is 4.73. The summed E-state index contributed by atoms with van der Waals surface area (Å²) in [5, 5.41) is 2.95. The van der Waals surface area contributed by atoms with E-state index < -0.39 is 59.2 Å². The molecule has 4 rings (SSSR count). The molecular weight excluding hydrogens is 569 g/mol. The smallest absolute Gasteiger partial charge is 0.374 e. The highest BCUT2D eigenvalue weighted by molar-refractivity contribution is 6.30. The van der Waals surface area contributed by atoms with Gasteiger partial charge in [-0.05, 0) is 48.4 Å².